The molecular formula is C11H12N6O. The maximum absolute atomic E-state index is 8.69. The minimum atomic E-state index is 0.436. The van der Waals surface area contributed by atoms with Crippen LogP contribution >= 0.6 is 0 Å². The van der Waals surface area contributed by atoms with Gasteiger partial charge in [-0.2, -0.15) is 10.2 Å². The van der Waals surface area contributed by atoms with Crippen LogP contribution in [-0.2, 0) is 6.42 Å². The molecule has 0 spiro atoms. The summed E-state index contributed by atoms with van der Waals surface area (Å²) in [5, 5.41) is 15.4. The first-order valence-corrected chi connectivity index (χ1v) is 5.37. The van der Waals surface area contributed by atoms with Gasteiger partial charge in [-0.15, -0.1) is 0 Å². The van der Waals surface area contributed by atoms with E-state index in [0.29, 0.717) is 41.7 Å². The van der Waals surface area contributed by atoms with Gasteiger partial charge in [0.25, 0.3) is 0 Å². The molecule has 2 aromatic heterocycles. The van der Waals surface area contributed by atoms with Gasteiger partial charge in [0.05, 0.1) is 11.3 Å². The number of nitrogen functional groups attached to an aromatic ring is 1. The van der Waals surface area contributed by atoms with Crippen molar-refractivity contribution in [3.63, 3.8) is 0 Å². The van der Waals surface area contributed by atoms with Crippen LogP contribution in [-0.4, -0.2) is 21.7 Å². The minimum absolute atomic E-state index is 0.436. The Morgan fingerprint density at radius 2 is 2.39 bits per heavy atom. The van der Waals surface area contributed by atoms with Crippen molar-refractivity contribution in [3.8, 4) is 6.07 Å². The first-order valence-electron chi connectivity index (χ1n) is 5.37. The Labute approximate surface area is 104 Å². The zero-order valence-corrected chi connectivity index (χ0v) is 9.84. The third-order valence-electron chi connectivity index (χ3n) is 2.25. The van der Waals surface area contributed by atoms with E-state index in [1.165, 1.54) is 6.20 Å². The number of nitriles is 1. The first-order chi connectivity index (χ1) is 8.69. The van der Waals surface area contributed by atoms with Gasteiger partial charge in [0, 0.05) is 19.2 Å². The van der Waals surface area contributed by atoms with E-state index in [1.54, 1.807) is 13.0 Å². The summed E-state index contributed by atoms with van der Waals surface area (Å²) < 4.78 is 4.97. The van der Waals surface area contributed by atoms with Gasteiger partial charge in [-0.3, -0.25) is 0 Å². The molecule has 0 aliphatic carbocycles. The first kappa shape index (κ1) is 11.9. The molecule has 7 heteroatoms. The van der Waals surface area contributed by atoms with E-state index in [1.807, 2.05) is 6.07 Å². The van der Waals surface area contributed by atoms with Gasteiger partial charge in [0.2, 0.25) is 5.89 Å². The molecule has 0 unspecified atom stereocenters. The smallest absolute Gasteiger partial charge is 0.228 e. The fourth-order valence-electron chi connectivity index (χ4n) is 1.42. The largest absolute Gasteiger partial charge is 0.396 e. The van der Waals surface area contributed by atoms with Crippen molar-refractivity contribution in [2.75, 3.05) is 17.6 Å². The SMILES string of the molecule is Cc1noc(CCNc2ncc(C#N)cc2N)n1. The van der Waals surface area contributed by atoms with Crippen molar-refractivity contribution in [3.05, 3.63) is 29.5 Å². The number of pyridine rings is 1. The van der Waals surface area contributed by atoms with Gasteiger partial charge in [0.15, 0.2) is 5.82 Å². The van der Waals surface area contributed by atoms with Gasteiger partial charge in [-0.05, 0) is 13.0 Å². The van der Waals surface area contributed by atoms with Crippen molar-refractivity contribution in [1.82, 2.24) is 15.1 Å². The molecular weight excluding hydrogens is 232 g/mol. The molecule has 0 bridgehead atoms. The van der Waals surface area contributed by atoms with E-state index in [0.717, 1.165) is 0 Å². The van der Waals surface area contributed by atoms with Gasteiger partial charge in [-0.25, -0.2) is 4.98 Å². The molecule has 0 aliphatic heterocycles. The van der Waals surface area contributed by atoms with Crippen LogP contribution in [0.1, 0.15) is 17.3 Å². The van der Waals surface area contributed by atoms with Gasteiger partial charge in [0.1, 0.15) is 11.9 Å². The number of anilines is 2. The highest BCUT2D eigenvalue weighted by Crippen LogP contribution is 2.15. The molecule has 18 heavy (non-hydrogen) atoms. The number of nitrogens with one attached hydrogen (secondary N) is 1. The number of nitrogens with zero attached hydrogens (tertiary/aromatic N) is 4. The number of nitrogens with two attached hydrogens (primary N) is 1. The van der Waals surface area contributed by atoms with E-state index in [2.05, 4.69) is 20.4 Å². The lowest BCUT2D eigenvalue weighted by Crippen LogP contribution is -2.08. The van der Waals surface area contributed by atoms with Crippen molar-refractivity contribution in [2.45, 2.75) is 13.3 Å². The summed E-state index contributed by atoms with van der Waals surface area (Å²) in [6.45, 7) is 2.34. The molecule has 0 saturated heterocycles. The molecule has 0 saturated carbocycles. The number of hydrogen-bond acceptors (Lipinski definition) is 7. The lowest BCUT2D eigenvalue weighted by molar-refractivity contribution is 0.377. The fourth-order valence-corrected chi connectivity index (χ4v) is 1.42. The van der Waals surface area contributed by atoms with E-state index < -0.39 is 0 Å². The number of aromatic nitrogens is 3. The zero-order valence-electron chi connectivity index (χ0n) is 9.84. The van der Waals surface area contributed by atoms with E-state index >= 15 is 0 Å². The van der Waals surface area contributed by atoms with Crippen LogP contribution in [0, 0.1) is 18.3 Å². The quantitative estimate of drug-likeness (QED) is 0.820. The van der Waals surface area contributed by atoms with Crippen molar-refractivity contribution in [1.29, 1.82) is 5.26 Å². The predicted octanol–water partition coefficient (Wildman–Crippen LogP) is 0.881. The Bertz CT molecular complexity index is 585. The van der Waals surface area contributed by atoms with Crippen molar-refractivity contribution in [2.24, 2.45) is 0 Å². The van der Waals surface area contributed by atoms with Crippen LogP contribution in [0.3, 0.4) is 0 Å². The molecule has 0 radical (unpaired) electrons. The monoisotopic (exact) mass is 244 g/mol. The summed E-state index contributed by atoms with van der Waals surface area (Å²) in [6, 6.07) is 3.55. The highest BCUT2D eigenvalue weighted by molar-refractivity contribution is 5.62. The summed E-state index contributed by atoms with van der Waals surface area (Å²) >= 11 is 0. The second-order valence-corrected chi connectivity index (χ2v) is 3.69. The van der Waals surface area contributed by atoms with Crippen LogP contribution < -0.4 is 11.1 Å². The summed E-state index contributed by atoms with van der Waals surface area (Å²) in [5.74, 6) is 1.72. The van der Waals surface area contributed by atoms with Gasteiger partial charge < -0.3 is 15.6 Å². The zero-order chi connectivity index (χ0) is 13.0. The topological polar surface area (TPSA) is 114 Å². The average molecular weight is 244 g/mol. The van der Waals surface area contributed by atoms with Crippen LogP contribution in [0.5, 0.6) is 0 Å². The molecule has 0 fully saturated rings. The van der Waals surface area contributed by atoms with Crippen LogP contribution in [0.15, 0.2) is 16.8 Å². The molecule has 92 valence electrons. The van der Waals surface area contributed by atoms with Crippen molar-refractivity contribution < 1.29 is 4.52 Å². The molecule has 2 rings (SSSR count). The van der Waals surface area contributed by atoms with Crippen molar-refractivity contribution >= 4 is 11.5 Å². The van der Waals surface area contributed by atoms with E-state index in [4.69, 9.17) is 15.5 Å². The summed E-state index contributed by atoms with van der Waals surface area (Å²) in [5.41, 5.74) is 6.63. The molecule has 2 heterocycles. The van der Waals surface area contributed by atoms with E-state index in [9.17, 15) is 0 Å². The Morgan fingerprint density at radius 3 is 3.00 bits per heavy atom. The minimum Gasteiger partial charge on any atom is -0.396 e. The standard InChI is InChI=1S/C11H12N6O/c1-7-16-10(18-17-7)2-3-14-11-9(13)4-8(5-12)6-15-11/h4,6H,2-3,13H2,1H3,(H,14,15). The summed E-state index contributed by atoms with van der Waals surface area (Å²) in [4.78, 5) is 8.14. The molecule has 0 aliphatic rings. The molecule has 0 amide bonds. The van der Waals surface area contributed by atoms with Crippen LogP contribution in [0.2, 0.25) is 0 Å². The molecule has 0 aromatic carbocycles. The number of aryl methyl sites for hydroxylation is 1. The Morgan fingerprint density at radius 1 is 1.56 bits per heavy atom. The number of rotatable bonds is 4. The number of hydrogen-bond donors (Lipinski definition) is 2. The maximum Gasteiger partial charge on any atom is 0.228 e. The van der Waals surface area contributed by atoms with Crippen LogP contribution in [0.4, 0.5) is 11.5 Å². The Hall–Kier alpha value is -2.62. The lowest BCUT2D eigenvalue weighted by atomic mass is 10.3. The second kappa shape index (κ2) is 5.14. The average Bonchev–Trinajstić information content (AvgIpc) is 2.77. The third kappa shape index (κ3) is 2.74. The summed E-state index contributed by atoms with van der Waals surface area (Å²) in [7, 11) is 0. The Balaban J connectivity index is 1.92. The maximum atomic E-state index is 8.69. The molecule has 7 nitrogen and oxygen atoms in total. The van der Waals surface area contributed by atoms with Crippen LogP contribution in [0.25, 0.3) is 0 Å². The summed E-state index contributed by atoms with van der Waals surface area (Å²) in [6.07, 6.45) is 2.05. The Kier molecular flexibility index (Phi) is 3.38. The molecule has 3 N–H and O–H groups in total. The highest BCUT2D eigenvalue weighted by Gasteiger charge is 2.04. The lowest BCUT2D eigenvalue weighted by Gasteiger charge is -2.06. The molecule has 2 aromatic rings. The molecule has 0 atom stereocenters. The third-order valence-corrected chi connectivity index (χ3v) is 2.25. The second-order valence-electron chi connectivity index (χ2n) is 3.69. The van der Waals surface area contributed by atoms with Gasteiger partial charge >= 0.3 is 0 Å². The van der Waals surface area contributed by atoms with Gasteiger partial charge in [-0.1, -0.05) is 5.16 Å². The fraction of sp³-hybridized carbons (Fsp3) is 0.273. The normalized spacial score (nSPS) is 10.0. The van der Waals surface area contributed by atoms with E-state index in [-0.39, 0.29) is 0 Å². The highest BCUT2D eigenvalue weighted by atomic mass is 16.5. The predicted molar refractivity (Wildman–Crippen MR) is 64.6 cm³/mol.